The zero-order chi connectivity index (χ0) is 11.8. The first-order chi connectivity index (χ1) is 7.48. The highest BCUT2D eigenvalue weighted by molar-refractivity contribution is 5.12. The predicted molar refractivity (Wildman–Crippen MR) is 50.8 cm³/mol. The van der Waals surface area contributed by atoms with Gasteiger partial charge in [0.05, 0.1) is 5.69 Å². The summed E-state index contributed by atoms with van der Waals surface area (Å²) in [6, 6.07) is 1.05. The molecule has 3 nitrogen and oxygen atoms in total. The minimum atomic E-state index is -4.37. The van der Waals surface area contributed by atoms with Crippen LogP contribution in [0.4, 0.5) is 13.2 Å². The number of ether oxygens (including phenoxy) is 1. The Balaban J connectivity index is 2.31. The molecule has 1 fully saturated rings. The zero-order valence-electron chi connectivity index (χ0n) is 8.92. The van der Waals surface area contributed by atoms with E-state index in [-0.39, 0.29) is 0 Å². The molecular weight excluding hydrogens is 221 g/mol. The first-order valence-electron chi connectivity index (χ1n) is 5.23. The summed E-state index contributed by atoms with van der Waals surface area (Å²) in [6.45, 7) is 2.05. The van der Waals surface area contributed by atoms with Crippen molar-refractivity contribution in [2.45, 2.75) is 38.6 Å². The number of hydrogen-bond acceptors (Lipinski definition) is 2. The highest BCUT2D eigenvalue weighted by atomic mass is 19.4. The molecule has 1 aliphatic heterocycles. The lowest BCUT2D eigenvalue weighted by Gasteiger charge is -2.24. The van der Waals surface area contributed by atoms with Crippen LogP contribution in [0.3, 0.4) is 0 Å². The van der Waals surface area contributed by atoms with Gasteiger partial charge in [0, 0.05) is 6.61 Å². The number of halogens is 3. The largest absolute Gasteiger partial charge is 0.433 e. The highest BCUT2D eigenvalue weighted by Crippen LogP contribution is 2.33. The van der Waals surface area contributed by atoms with Gasteiger partial charge >= 0.3 is 6.18 Å². The van der Waals surface area contributed by atoms with Crippen molar-refractivity contribution in [2.24, 2.45) is 0 Å². The molecule has 0 spiro atoms. The summed E-state index contributed by atoms with van der Waals surface area (Å²) in [6.07, 6.45) is -2.58. The molecule has 0 amide bonds. The van der Waals surface area contributed by atoms with Gasteiger partial charge in [-0.2, -0.15) is 18.3 Å². The summed E-state index contributed by atoms with van der Waals surface area (Å²) in [5, 5.41) is 3.87. The topological polar surface area (TPSA) is 27.1 Å². The Morgan fingerprint density at radius 2 is 2.19 bits per heavy atom. The summed E-state index contributed by atoms with van der Waals surface area (Å²) < 4.78 is 44.4. The Morgan fingerprint density at radius 3 is 2.75 bits per heavy atom. The van der Waals surface area contributed by atoms with Gasteiger partial charge in [-0.3, -0.25) is 0 Å². The fraction of sp³-hybridized carbons (Fsp3) is 0.700. The minimum Gasteiger partial charge on any atom is -0.356 e. The normalized spacial score (nSPS) is 22.4. The Labute approximate surface area is 91.2 Å². The van der Waals surface area contributed by atoms with E-state index in [4.69, 9.17) is 4.74 Å². The molecule has 0 N–H and O–H groups in total. The second-order valence-corrected chi connectivity index (χ2v) is 3.93. The zero-order valence-corrected chi connectivity index (χ0v) is 8.92. The van der Waals surface area contributed by atoms with Gasteiger partial charge in [-0.25, -0.2) is 4.68 Å². The molecule has 90 valence electrons. The third-order valence-corrected chi connectivity index (χ3v) is 2.58. The van der Waals surface area contributed by atoms with E-state index in [9.17, 15) is 13.2 Å². The number of alkyl halides is 3. The van der Waals surface area contributed by atoms with Gasteiger partial charge in [-0.15, -0.1) is 0 Å². The maximum atomic E-state index is 12.7. The molecule has 0 aromatic carbocycles. The SMILES string of the molecule is Cc1cc(C(F)(F)F)n(C2CCCCO2)n1. The molecule has 1 aromatic rings. The standard InChI is InChI=1S/C10H13F3N2O/c1-7-6-8(10(11,12)13)15(14-7)9-4-2-3-5-16-9/h6,9H,2-5H2,1H3. The number of hydrogen-bond donors (Lipinski definition) is 0. The Bertz CT molecular complexity index is 367. The fourth-order valence-electron chi connectivity index (χ4n) is 1.86. The molecule has 1 saturated heterocycles. The molecule has 2 rings (SSSR count). The van der Waals surface area contributed by atoms with Crippen molar-refractivity contribution in [3.05, 3.63) is 17.5 Å². The monoisotopic (exact) mass is 234 g/mol. The lowest BCUT2D eigenvalue weighted by atomic mass is 10.2. The van der Waals surface area contributed by atoms with E-state index in [1.54, 1.807) is 6.92 Å². The fourth-order valence-corrected chi connectivity index (χ4v) is 1.86. The molecule has 1 unspecified atom stereocenters. The molecule has 1 atom stereocenters. The maximum Gasteiger partial charge on any atom is 0.433 e. The van der Waals surface area contributed by atoms with Crippen LogP contribution in [-0.4, -0.2) is 16.4 Å². The third-order valence-electron chi connectivity index (χ3n) is 2.58. The molecule has 0 aliphatic carbocycles. The molecule has 6 heteroatoms. The second kappa shape index (κ2) is 4.08. The van der Waals surface area contributed by atoms with Gasteiger partial charge in [0.1, 0.15) is 5.69 Å². The number of rotatable bonds is 1. The van der Waals surface area contributed by atoms with E-state index in [0.717, 1.165) is 23.6 Å². The summed E-state index contributed by atoms with van der Waals surface area (Å²) in [7, 11) is 0. The Hall–Kier alpha value is -1.04. The van der Waals surface area contributed by atoms with Gasteiger partial charge in [0.2, 0.25) is 0 Å². The third kappa shape index (κ3) is 2.21. The summed E-state index contributed by atoms with van der Waals surface area (Å²) >= 11 is 0. The van der Waals surface area contributed by atoms with Crippen LogP contribution in [0, 0.1) is 6.92 Å². The van der Waals surface area contributed by atoms with Gasteiger partial charge in [0.15, 0.2) is 6.23 Å². The predicted octanol–water partition coefficient (Wildman–Crippen LogP) is 2.91. The average molecular weight is 234 g/mol. The molecule has 0 bridgehead atoms. The van der Waals surface area contributed by atoms with E-state index in [2.05, 4.69) is 5.10 Å². The molecule has 1 aliphatic rings. The van der Waals surface area contributed by atoms with E-state index in [0.29, 0.717) is 18.7 Å². The van der Waals surface area contributed by atoms with Crippen LogP contribution in [0.1, 0.15) is 36.9 Å². The quantitative estimate of drug-likeness (QED) is 0.747. The molecule has 1 aromatic heterocycles. The lowest BCUT2D eigenvalue weighted by molar-refractivity contribution is -0.152. The first-order valence-corrected chi connectivity index (χ1v) is 5.23. The van der Waals surface area contributed by atoms with Crippen molar-refractivity contribution < 1.29 is 17.9 Å². The van der Waals surface area contributed by atoms with Crippen LogP contribution in [-0.2, 0) is 10.9 Å². The number of aromatic nitrogens is 2. The van der Waals surface area contributed by atoms with Crippen molar-refractivity contribution in [3.63, 3.8) is 0 Å². The van der Waals surface area contributed by atoms with Crippen molar-refractivity contribution >= 4 is 0 Å². The Kier molecular flexibility index (Phi) is 2.92. The van der Waals surface area contributed by atoms with E-state index >= 15 is 0 Å². The number of nitrogens with zero attached hydrogens (tertiary/aromatic N) is 2. The van der Waals surface area contributed by atoms with E-state index in [1.165, 1.54) is 0 Å². The summed E-state index contributed by atoms with van der Waals surface area (Å²) in [5.74, 6) is 0. The summed E-state index contributed by atoms with van der Waals surface area (Å²) in [5.41, 5.74) is -0.363. The molecule has 2 heterocycles. The van der Waals surface area contributed by atoms with Gasteiger partial charge in [0.25, 0.3) is 0 Å². The van der Waals surface area contributed by atoms with Crippen LogP contribution in [0.15, 0.2) is 6.07 Å². The van der Waals surface area contributed by atoms with Gasteiger partial charge in [-0.1, -0.05) is 0 Å². The van der Waals surface area contributed by atoms with Crippen molar-refractivity contribution in [1.29, 1.82) is 0 Å². The van der Waals surface area contributed by atoms with Gasteiger partial charge in [-0.05, 0) is 32.3 Å². The highest BCUT2D eigenvalue weighted by Gasteiger charge is 2.37. The van der Waals surface area contributed by atoms with Crippen LogP contribution in [0.2, 0.25) is 0 Å². The molecule has 0 saturated carbocycles. The number of aryl methyl sites for hydroxylation is 1. The van der Waals surface area contributed by atoms with Gasteiger partial charge < -0.3 is 4.74 Å². The van der Waals surface area contributed by atoms with Crippen LogP contribution >= 0.6 is 0 Å². The van der Waals surface area contributed by atoms with E-state index in [1.807, 2.05) is 0 Å². The minimum absolute atomic E-state index is 0.362. The lowest BCUT2D eigenvalue weighted by Crippen LogP contribution is -2.24. The van der Waals surface area contributed by atoms with Crippen molar-refractivity contribution in [2.75, 3.05) is 6.61 Å². The Morgan fingerprint density at radius 1 is 1.44 bits per heavy atom. The van der Waals surface area contributed by atoms with Crippen LogP contribution in [0.5, 0.6) is 0 Å². The van der Waals surface area contributed by atoms with Crippen molar-refractivity contribution in [3.8, 4) is 0 Å². The second-order valence-electron chi connectivity index (χ2n) is 3.93. The van der Waals surface area contributed by atoms with Crippen molar-refractivity contribution in [1.82, 2.24) is 9.78 Å². The first kappa shape index (κ1) is 11.4. The smallest absolute Gasteiger partial charge is 0.356 e. The molecular formula is C10H13F3N2O. The van der Waals surface area contributed by atoms with Crippen LogP contribution in [0.25, 0.3) is 0 Å². The summed E-state index contributed by atoms with van der Waals surface area (Å²) in [4.78, 5) is 0. The average Bonchev–Trinajstić information content (AvgIpc) is 2.61. The molecule has 0 radical (unpaired) electrons. The molecule has 16 heavy (non-hydrogen) atoms. The maximum absolute atomic E-state index is 12.7. The van der Waals surface area contributed by atoms with Crippen LogP contribution < -0.4 is 0 Å². The van der Waals surface area contributed by atoms with E-state index < -0.39 is 18.1 Å².